The maximum Gasteiger partial charge on any atom is 0.152 e. The van der Waals surface area contributed by atoms with Crippen molar-refractivity contribution in [3.05, 3.63) is 36.0 Å². The van der Waals surface area contributed by atoms with E-state index in [0.29, 0.717) is 0 Å². The van der Waals surface area contributed by atoms with Crippen LogP contribution in [0.3, 0.4) is 0 Å². The number of anilines is 1. The molecule has 0 unspecified atom stereocenters. The standard InChI is InChI=1S/C14H19N3O/c1-14(2)8-9-16-13(17-14)10-6-5-7-11(15-3)12(10)18-4/h5-9,15H,1-4H3,(H,16,17). The molecule has 1 aliphatic rings. The van der Waals surface area contributed by atoms with Crippen LogP contribution in [0.1, 0.15) is 19.4 Å². The molecule has 1 aromatic carbocycles. The highest BCUT2D eigenvalue weighted by molar-refractivity contribution is 6.04. The molecule has 0 atom stereocenters. The average Bonchev–Trinajstić information content (AvgIpc) is 2.36. The zero-order valence-corrected chi connectivity index (χ0v) is 11.2. The summed E-state index contributed by atoms with van der Waals surface area (Å²) in [6.45, 7) is 4.21. The Morgan fingerprint density at radius 2 is 2.11 bits per heavy atom. The van der Waals surface area contributed by atoms with Crippen LogP contribution in [0.15, 0.2) is 35.5 Å². The zero-order valence-electron chi connectivity index (χ0n) is 11.2. The molecule has 0 spiro atoms. The normalized spacial score (nSPS) is 16.8. The summed E-state index contributed by atoms with van der Waals surface area (Å²) in [5.74, 6) is 1.63. The molecule has 4 heteroatoms. The van der Waals surface area contributed by atoms with E-state index in [0.717, 1.165) is 22.8 Å². The molecule has 0 bridgehead atoms. The number of amidine groups is 1. The van der Waals surface area contributed by atoms with Crippen LogP contribution >= 0.6 is 0 Å². The summed E-state index contributed by atoms with van der Waals surface area (Å²) in [7, 11) is 3.55. The number of methoxy groups -OCH3 is 1. The molecule has 0 radical (unpaired) electrons. The molecule has 0 aromatic heterocycles. The van der Waals surface area contributed by atoms with E-state index >= 15 is 0 Å². The summed E-state index contributed by atoms with van der Waals surface area (Å²) < 4.78 is 5.48. The van der Waals surface area contributed by atoms with Gasteiger partial charge in [0.15, 0.2) is 5.75 Å². The fourth-order valence-corrected chi connectivity index (χ4v) is 1.95. The molecule has 1 aliphatic heterocycles. The lowest BCUT2D eigenvalue weighted by Crippen LogP contribution is -2.43. The van der Waals surface area contributed by atoms with Crippen molar-refractivity contribution in [2.24, 2.45) is 4.99 Å². The maximum atomic E-state index is 5.48. The van der Waals surface area contributed by atoms with Crippen molar-refractivity contribution in [3.63, 3.8) is 0 Å². The summed E-state index contributed by atoms with van der Waals surface area (Å²) in [5.41, 5.74) is 1.81. The molecule has 96 valence electrons. The van der Waals surface area contributed by atoms with Crippen LogP contribution in [0.4, 0.5) is 5.69 Å². The minimum Gasteiger partial charge on any atom is -0.494 e. The van der Waals surface area contributed by atoms with Gasteiger partial charge in [0.25, 0.3) is 0 Å². The topological polar surface area (TPSA) is 45.7 Å². The zero-order chi connectivity index (χ0) is 13.2. The third-order valence-corrected chi connectivity index (χ3v) is 2.88. The van der Waals surface area contributed by atoms with Crippen LogP contribution in [0.2, 0.25) is 0 Å². The van der Waals surface area contributed by atoms with E-state index in [1.54, 1.807) is 7.11 Å². The first-order valence-corrected chi connectivity index (χ1v) is 5.96. The van der Waals surface area contributed by atoms with E-state index < -0.39 is 0 Å². The van der Waals surface area contributed by atoms with Crippen molar-refractivity contribution in [2.45, 2.75) is 19.4 Å². The Labute approximate surface area is 108 Å². The van der Waals surface area contributed by atoms with Gasteiger partial charge < -0.3 is 15.4 Å². The van der Waals surface area contributed by atoms with Gasteiger partial charge in [-0.05, 0) is 32.1 Å². The van der Waals surface area contributed by atoms with Gasteiger partial charge in [-0.3, -0.25) is 0 Å². The summed E-state index contributed by atoms with van der Waals surface area (Å²) in [4.78, 5) is 4.40. The summed E-state index contributed by atoms with van der Waals surface area (Å²) >= 11 is 0. The van der Waals surface area contributed by atoms with Crippen molar-refractivity contribution in [1.82, 2.24) is 5.32 Å². The fraction of sp³-hybridized carbons (Fsp3) is 0.357. The summed E-state index contributed by atoms with van der Waals surface area (Å²) in [6, 6.07) is 5.96. The number of hydrogen-bond donors (Lipinski definition) is 2. The number of para-hydroxylation sites is 1. The number of benzene rings is 1. The highest BCUT2D eigenvalue weighted by atomic mass is 16.5. The van der Waals surface area contributed by atoms with Crippen LogP contribution in [0, 0.1) is 0 Å². The predicted molar refractivity (Wildman–Crippen MR) is 75.4 cm³/mol. The van der Waals surface area contributed by atoms with Crippen LogP contribution < -0.4 is 15.4 Å². The van der Waals surface area contributed by atoms with Gasteiger partial charge in [0.2, 0.25) is 0 Å². The van der Waals surface area contributed by atoms with Crippen molar-refractivity contribution in [3.8, 4) is 5.75 Å². The minimum atomic E-state index is -0.0995. The molecule has 4 nitrogen and oxygen atoms in total. The molecular formula is C14H19N3O. The molecule has 0 saturated heterocycles. The van der Waals surface area contributed by atoms with Gasteiger partial charge in [-0.2, -0.15) is 0 Å². The van der Waals surface area contributed by atoms with Crippen molar-refractivity contribution in [2.75, 3.05) is 19.5 Å². The largest absolute Gasteiger partial charge is 0.494 e. The minimum absolute atomic E-state index is 0.0995. The van der Waals surface area contributed by atoms with E-state index in [2.05, 4.69) is 29.5 Å². The third kappa shape index (κ3) is 2.32. The number of rotatable bonds is 3. The Morgan fingerprint density at radius 3 is 2.72 bits per heavy atom. The Bertz CT molecular complexity index is 504. The van der Waals surface area contributed by atoms with Gasteiger partial charge in [-0.1, -0.05) is 6.07 Å². The van der Waals surface area contributed by atoms with Gasteiger partial charge in [-0.15, -0.1) is 0 Å². The van der Waals surface area contributed by atoms with Gasteiger partial charge in [0, 0.05) is 13.2 Å². The van der Waals surface area contributed by atoms with Crippen molar-refractivity contribution >= 4 is 11.5 Å². The molecule has 1 aromatic rings. The van der Waals surface area contributed by atoms with E-state index in [1.807, 2.05) is 37.5 Å². The third-order valence-electron chi connectivity index (χ3n) is 2.88. The Kier molecular flexibility index (Phi) is 3.28. The molecule has 0 fully saturated rings. The molecule has 0 aliphatic carbocycles. The Hall–Kier alpha value is -1.97. The lowest BCUT2D eigenvalue weighted by Gasteiger charge is -2.28. The Morgan fingerprint density at radius 1 is 1.33 bits per heavy atom. The van der Waals surface area contributed by atoms with Gasteiger partial charge >= 0.3 is 0 Å². The highest BCUT2D eigenvalue weighted by Crippen LogP contribution is 2.29. The number of aliphatic imine (C=N–C) groups is 1. The lowest BCUT2D eigenvalue weighted by atomic mass is 10.0. The van der Waals surface area contributed by atoms with Gasteiger partial charge in [0.1, 0.15) is 5.84 Å². The number of nitrogens with one attached hydrogen (secondary N) is 2. The second-order valence-electron chi connectivity index (χ2n) is 4.78. The van der Waals surface area contributed by atoms with Gasteiger partial charge in [0.05, 0.1) is 23.9 Å². The predicted octanol–water partition coefficient (Wildman–Crippen LogP) is 2.38. The number of hydrogen-bond acceptors (Lipinski definition) is 4. The first kappa shape index (κ1) is 12.5. The first-order valence-electron chi connectivity index (χ1n) is 5.96. The smallest absolute Gasteiger partial charge is 0.152 e. The van der Waals surface area contributed by atoms with Crippen LogP contribution in [-0.2, 0) is 0 Å². The second kappa shape index (κ2) is 4.72. The molecule has 2 N–H and O–H groups in total. The maximum absolute atomic E-state index is 5.48. The van der Waals surface area contributed by atoms with E-state index in [1.165, 1.54) is 0 Å². The van der Waals surface area contributed by atoms with Gasteiger partial charge in [-0.25, -0.2) is 4.99 Å². The number of nitrogens with zero attached hydrogens (tertiary/aromatic N) is 1. The van der Waals surface area contributed by atoms with E-state index in [4.69, 9.17) is 4.74 Å². The molecule has 18 heavy (non-hydrogen) atoms. The van der Waals surface area contributed by atoms with Crippen molar-refractivity contribution < 1.29 is 4.74 Å². The van der Waals surface area contributed by atoms with Crippen LogP contribution in [0.25, 0.3) is 0 Å². The highest BCUT2D eigenvalue weighted by Gasteiger charge is 2.22. The van der Waals surface area contributed by atoms with E-state index in [9.17, 15) is 0 Å². The van der Waals surface area contributed by atoms with Crippen LogP contribution in [-0.4, -0.2) is 25.5 Å². The molecular weight excluding hydrogens is 226 g/mol. The second-order valence-corrected chi connectivity index (χ2v) is 4.78. The average molecular weight is 245 g/mol. The number of ether oxygens (including phenoxy) is 1. The molecule has 1 heterocycles. The molecule has 0 saturated carbocycles. The summed E-state index contributed by atoms with van der Waals surface area (Å²) in [6.07, 6.45) is 3.86. The molecule has 2 rings (SSSR count). The van der Waals surface area contributed by atoms with E-state index in [-0.39, 0.29) is 5.54 Å². The lowest BCUT2D eigenvalue weighted by molar-refractivity contribution is 0.415. The van der Waals surface area contributed by atoms with Crippen LogP contribution in [0.5, 0.6) is 5.75 Å². The van der Waals surface area contributed by atoms with Crippen molar-refractivity contribution in [1.29, 1.82) is 0 Å². The monoisotopic (exact) mass is 245 g/mol. The quantitative estimate of drug-likeness (QED) is 0.859. The summed E-state index contributed by atoms with van der Waals surface area (Å²) in [5, 5.41) is 6.51. The first-order chi connectivity index (χ1) is 8.57. The molecule has 0 amide bonds. The Balaban J connectivity index is 2.46. The fourth-order valence-electron chi connectivity index (χ4n) is 1.95. The SMILES string of the molecule is CNc1cccc(C2=NC=CC(C)(C)N2)c1OC.